The average molecular weight is 402 g/mol. The standard InChI is InChI=1S/C20H12F2O7/c21-10-2-3-12(14(22)6-10)9-1-4-15(24)13(5-9)19(27)29-20(28)18-16(25)7-11(23)8-17(18)26/h1-8,23-26H. The van der Waals surface area contributed by atoms with Crippen LogP contribution in [0.15, 0.2) is 48.5 Å². The molecule has 0 spiro atoms. The Labute approximate surface area is 161 Å². The van der Waals surface area contributed by atoms with Crippen molar-refractivity contribution in [3.63, 3.8) is 0 Å². The monoisotopic (exact) mass is 402 g/mol. The van der Waals surface area contributed by atoms with Gasteiger partial charge in [-0.1, -0.05) is 6.07 Å². The van der Waals surface area contributed by atoms with E-state index < -0.39 is 57.7 Å². The zero-order valence-electron chi connectivity index (χ0n) is 14.4. The molecule has 0 amide bonds. The maximum absolute atomic E-state index is 14.0. The largest absolute Gasteiger partial charge is 0.508 e. The SMILES string of the molecule is O=C(OC(=O)c1c(O)cc(O)cc1O)c1cc(-c2ccc(F)cc2F)ccc1O. The molecule has 0 saturated heterocycles. The van der Waals surface area contributed by atoms with Crippen LogP contribution in [0.1, 0.15) is 20.7 Å². The highest BCUT2D eigenvalue weighted by atomic mass is 19.1. The van der Waals surface area contributed by atoms with E-state index in [-0.39, 0.29) is 11.1 Å². The van der Waals surface area contributed by atoms with Gasteiger partial charge in [-0.25, -0.2) is 18.4 Å². The van der Waals surface area contributed by atoms with Crippen LogP contribution in [0.5, 0.6) is 23.0 Å². The van der Waals surface area contributed by atoms with Gasteiger partial charge in [0.15, 0.2) is 0 Å². The molecule has 9 heteroatoms. The summed E-state index contributed by atoms with van der Waals surface area (Å²) < 4.78 is 31.6. The van der Waals surface area contributed by atoms with Gasteiger partial charge in [0.2, 0.25) is 0 Å². The van der Waals surface area contributed by atoms with Crippen molar-refractivity contribution in [3.8, 4) is 34.1 Å². The van der Waals surface area contributed by atoms with Crippen molar-refractivity contribution in [2.24, 2.45) is 0 Å². The number of phenols is 4. The number of halogens is 2. The third kappa shape index (κ3) is 3.93. The number of hydrogen-bond acceptors (Lipinski definition) is 7. The fourth-order valence-electron chi connectivity index (χ4n) is 2.59. The molecule has 4 N–H and O–H groups in total. The summed E-state index contributed by atoms with van der Waals surface area (Å²) in [4.78, 5) is 24.4. The van der Waals surface area contributed by atoms with E-state index in [1.807, 2.05) is 0 Å². The smallest absolute Gasteiger partial charge is 0.353 e. The molecule has 0 unspecified atom stereocenters. The summed E-state index contributed by atoms with van der Waals surface area (Å²) in [6.45, 7) is 0. The molecule has 148 valence electrons. The maximum atomic E-state index is 14.0. The Kier molecular flexibility index (Phi) is 5.05. The zero-order valence-corrected chi connectivity index (χ0v) is 14.4. The van der Waals surface area contributed by atoms with E-state index in [4.69, 9.17) is 0 Å². The number of carbonyl (C=O) groups excluding carboxylic acids is 2. The summed E-state index contributed by atoms with van der Waals surface area (Å²) in [5.41, 5.74) is -1.27. The minimum absolute atomic E-state index is 0.0689. The minimum atomic E-state index is -1.46. The van der Waals surface area contributed by atoms with Crippen LogP contribution in [0.4, 0.5) is 8.78 Å². The van der Waals surface area contributed by atoms with Crippen LogP contribution in [0.2, 0.25) is 0 Å². The van der Waals surface area contributed by atoms with Crippen molar-refractivity contribution < 1.29 is 43.5 Å². The Hall–Kier alpha value is -4.14. The van der Waals surface area contributed by atoms with Crippen molar-refractivity contribution in [3.05, 3.63) is 71.3 Å². The first-order chi connectivity index (χ1) is 13.7. The molecule has 0 atom stereocenters. The lowest BCUT2D eigenvalue weighted by Crippen LogP contribution is -2.13. The lowest BCUT2D eigenvalue weighted by atomic mass is 10.0. The summed E-state index contributed by atoms with van der Waals surface area (Å²) in [6, 6.07) is 7.61. The van der Waals surface area contributed by atoms with Crippen LogP contribution in [0, 0.1) is 11.6 Å². The number of benzene rings is 3. The number of hydrogen-bond donors (Lipinski definition) is 4. The fraction of sp³-hybridized carbons (Fsp3) is 0. The second-order valence-corrected chi connectivity index (χ2v) is 5.89. The summed E-state index contributed by atoms with van der Waals surface area (Å²) >= 11 is 0. The van der Waals surface area contributed by atoms with Crippen LogP contribution in [0.25, 0.3) is 11.1 Å². The molecule has 0 fully saturated rings. The van der Waals surface area contributed by atoms with Gasteiger partial charge in [0.25, 0.3) is 0 Å². The van der Waals surface area contributed by atoms with Crippen molar-refractivity contribution in [2.45, 2.75) is 0 Å². The molecule has 0 bridgehead atoms. The number of phenolic OH excluding ortho intramolecular Hbond substituents is 4. The van der Waals surface area contributed by atoms with E-state index in [2.05, 4.69) is 4.74 Å². The van der Waals surface area contributed by atoms with Crippen LogP contribution in [-0.2, 0) is 4.74 Å². The minimum Gasteiger partial charge on any atom is -0.508 e. The second-order valence-electron chi connectivity index (χ2n) is 5.89. The van der Waals surface area contributed by atoms with Gasteiger partial charge in [0, 0.05) is 23.8 Å². The molecule has 0 aliphatic rings. The van der Waals surface area contributed by atoms with Gasteiger partial charge < -0.3 is 25.2 Å². The molecule has 0 radical (unpaired) electrons. The Balaban J connectivity index is 1.93. The number of carbonyl (C=O) groups is 2. The molecule has 0 aliphatic carbocycles. The van der Waals surface area contributed by atoms with Crippen LogP contribution in [-0.4, -0.2) is 32.4 Å². The first kappa shape index (κ1) is 19.6. The van der Waals surface area contributed by atoms with Gasteiger partial charge in [-0.15, -0.1) is 0 Å². The Morgan fingerprint density at radius 3 is 2.03 bits per heavy atom. The van der Waals surface area contributed by atoms with E-state index in [9.17, 15) is 38.8 Å². The van der Waals surface area contributed by atoms with Gasteiger partial charge in [-0.05, 0) is 29.8 Å². The highest BCUT2D eigenvalue weighted by molar-refractivity contribution is 6.06. The predicted octanol–water partition coefficient (Wildman–Crippen LogP) is 3.45. The molecule has 0 heterocycles. The molecule has 0 aliphatic heterocycles. The molecule has 3 rings (SSSR count). The van der Waals surface area contributed by atoms with Crippen LogP contribution < -0.4 is 0 Å². The Bertz CT molecular complexity index is 1120. The third-order valence-corrected chi connectivity index (χ3v) is 3.93. The summed E-state index contributed by atoms with van der Waals surface area (Å²) in [6.07, 6.45) is 0. The van der Waals surface area contributed by atoms with Gasteiger partial charge in [0.05, 0.1) is 0 Å². The summed E-state index contributed by atoms with van der Waals surface area (Å²) in [7, 11) is 0. The highest BCUT2D eigenvalue weighted by Gasteiger charge is 2.24. The topological polar surface area (TPSA) is 124 Å². The molecule has 0 saturated carbocycles. The van der Waals surface area contributed by atoms with Crippen molar-refractivity contribution in [2.75, 3.05) is 0 Å². The molecular weight excluding hydrogens is 390 g/mol. The van der Waals surface area contributed by atoms with Crippen molar-refractivity contribution >= 4 is 11.9 Å². The molecule has 7 nitrogen and oxygen atoms in total. The molecule has 29 heavy (non-hydrogen) atoms. The van der Waals surface area contributed by atoms with E-state index in [0.29, 0.717) is 6.07 Å². The van der Waals surface area contributed by atoms with E-state index in [0.717, 1.165) is 36.4 Å². The van der Waals surface area contributed by atoms with Gasteiger partial charge in [-0.2, -0.15) is 0 Å². The maximum Gasteiger partial charge on any atom is 0.353 e. The van der Waals surface area contributed by atoms with Crippen molar-refractivity contribution in [1.82, 2.24) is 0 Å². The Morgan fingerprint density at radius 1 is 0.759 bits per heavy atom. The average Bonchev–Trinajstić information content (AvgIpc) is 2.61. The fourth-order valence-corrected chi connectivity index (χ4v) is 2.59. The molecule has 0 aromatic heterocycles. The number of aromatic hydroxyl groups is 4. The second kappa shape index (κ2) is 7.47. The molecule has 3 aromatic carbocycles. The number of ether oxygens (including phenoxy) is 1. The van der Waals surface area contributed by atoms with Gasteiger partial charge in [-0.3, -0.25) is 0 Å². The third-order valence-electron chi connectivity index (χ3n) is 3.93. The number of esters is 2. The Morgan fingerprint density at radius 2 is 1.41 bits per heavy atom. The van der Waals surface area contributed by atoms with E-state index >= 15 is 0 Å². The first-order valence-corrected chi connectivity index (χ1v) is 7.97. The normalized spacial score (nSPS) is 10.6. The van der Waals surface area contributed by atoms with Crippen LogP contribution in [0.3, 0.4) is 0 Å². The molecular formula is C20H12F2O7. The molecule has 3 aromatic rings. The highest BCUT2D eigenvalue weighted by Crippen LogP contribution is 2.33. The lowest BCUT2D eigenvalue weighted by Gasteiger charge is -2.10. The predicted molar refractivity (Wildman–Crippen MR) is 94.6 cm³/mol. The summed E-state index contributed by atoms with van der Waals surface area (Å²) in [5.74, 6) is -7.33. The van der Waals surface area contributed by atoms with Gasteiger partial charge in [0.1, 0.15) is 45.8 Å². The number of rotatable bonds is 3. The van der Waals surface area contributed by atoms with E-state index in [1.165, 1.54) is 6.07 Å². The lowest BCUT2D eigenvalue weighted by molar-refractivity contribution is 0.0392. The van der Waals surface area contributed by atoms with Crippen LogP contribution >= 0.6 is 0 Å². The summed E-state index contributed by atoms with van der Waals surface area (Å²) in [5, 5.41) is 38.5. The van der Waals surface area contributed by atoms with E-state index in [1.54, 1.807) is 0 Å². The first-order valence-electron chi connectivity index (χ1n) is 7.97. The zero-order chi connectivity index (χ0) is 21.3. The van der Waals surface area contributed by atoms with Gasteiger partial charge >= 0.3 is 11.9 Å². The quantitative estimate of drug-likeness (QED) is 0.391. The van der Waals surface area contributed by atoms with Crippen molar-refractivity contribution in [1.29, 1.82) is 0 Å².